The van der Waals surface area contributed by atoms with Crippen LogP contribution in [-0.2, 0) is 10.0 Å². The molecule has 1 amide bonds. The summed E-state index contributed by atoms with van der Waals surface area (Å²) < 4.78 is 26.5. The Morgan fingerprint density at radius 2 is 1.61 bits per heavy atom. The van der Waals surface area contributed by atoms with Crippen molar-refractivity contribution >= 4 is 48.4 Å². The van der Waals surface area contributed by atoms with Crippen molar-refractivity contribution in [1.82, 2.24) is 9.29 Å². The lowest BCUT2D eigenvalue weighted by atomic mass is 9.97. The van der Waals surface area contributed by atoms with E-state index in [4.69, 9.17) is 0 Å². The highest BCUT2D eigenvalue weighted by atomic mass is 32.2. The Labute approximate surface area is 195 Å². The molecule has 0 unspecified atom stereocenters. The van der Waals surface area contributed by atoms with Crippen LogP contribution in [0.25, 0.3) is 10.2 Å². The van der Waals surface area contributed by atoms with Gasteiger partial charge in [0, 0.05) is 25.2 Å². The number of fused-ring (bicyclic) bond motifs is 1. The highest BCUT2D eigenvalue weighted by Gasteiger charge is 2.21. The molecule has 0 saturated carbocycles. The number of thiazole rings is 1. The van der Waals surface area contributed by atoms with Gasteiger partial charge in [-0.3, -0.25) is 14.9 Å². The Kier molecular flexibility index (Phi) is 6.11. The fourth-order valence-corrected chi connectivity index (χ4v) is 5.14. The second-order valence-electron chi connectivity index (χ2n) is 7.63. The molecular weight excluding hydrogens is 458 g/mol. The van der Waals surface area contributed by atoms with Crippen LogP contribution < -0.4 is 5.32 Å². The second-order valence-corrected chi connectivity index (χ2v) is 10.8. The standard InChI is InChI=1S/C24H21N3O4S2/c1-15-8-10-16(11-9-15)22(28)18-6-4-5-7-19(18)23(29)26-24-25-20-13-12-17(14-21(20)32-24)33(30,31)27(2)3/h4-14H,1-3H3,(H,25,26,29). The molecule has 0 radical (unpaired) electrons. The molecule has 0 aliphatic carbocycles. The quantitative estimate of drug-likeness (QED) is 0.415. The van der Waals surface area contributed by atoms with Crippen LogP contribution in [-0.4, -0.2) is 43.5 Å². The summed E-state index contributed by atoms with van der Waals surface area (Å²) in [6.07, 6.45) is 0. The Hall–Kier alpha value is -3.40. The highest BCUT2D eigenvalue weighted by molar-refractivity contribution is 7.89. The van der Waals surface area contributed by atoms with Gasteiger partial charge in [0.15, 0.2) is 10.9 Å². The molecule has 0 saturated heterocycles. The maximum atomic E-state index is 13.0. The number of nitrogens with one attached hydrogen (secondary N) is 1. The van der Waals surface area contributed by atoms with Crippen molar-refractivity contribution < 1.29 is 18.0 Å². The topological polar surface area (TPSA) is 96.4 Å². The molecule has 1 heterocycles. The van der Waals surface area contributed by atoms with Gasteiger partial charge in [-0.25, -0.2) is 17.7 Å². The molecule has 7 nitrogen and oxygen atoms in total. The minimum Gasteiger partial charge on any atom is -0.298 e. The molecule has 0 atom stereocenters. The van der Waals surface area contributed by atoms with E-state index in [9.17, 15) is 18.0 Å². The van der Waals surface area contributed by atoms with Gasteiger partial charge in [-0.15, -0.1) is 0 Å². The number of aryl methyl sites for hydroxylation is 1. The molecule has 168 valence electrons. The van der Waals surface area contributed by atoms with Gasteiger partial charge in [0.2, 0.25) is 10.0 Å². The number of amides is 1. The fraction of sp³-hybridized carbons (Fsp3) is 0.125. The summed E-state index contributed by atoms with van der Waals surface area (Å²) in [7, 11) is -0.651. The van der Waals surface area contributed by atoms with Crippen LogP contribution >= 0.6 is 11.3 Å². The minimum atomic E-state index is -3.58. The molecule has 1 N–H and O–H groups in total. The number of anilines is 1. The Morgan fingerprint density at radius 1 is 0.939 bits per heavy atom. The van der Waals surface area contributed by atoms with E-state index in [0.717, 1.165) is 21.2 Å². The Bertz CT molecular complexity index is 1470. The van der Waals surface area contributed by atoms with Crippen LogP contribution in [0.3, 0.4) is 0 Å². The second kappa shape index (κ2) is 8.86. The van der Waals surface area contributed by atoms with E-state index in [-0.39, 0.29) is 16.2 Å². The van der Waals surface area contributed by atoms with Gasteiger partial charge in [0.25, 0.3) is 5.91 Å². The number of carbonyl (C=O) groups excluding carboxylic acids is 2. The van der Waals surface area contributed by atoms with E-state index in [2.05, 4.69) is 10.3 Å². The summed E-state index contributed by atoms with van der Waals surface area (Å²) in [5.41, 5.74) is 2.62. The molecule has 0 aliphatic heterocycles. The van der Waals surface area contributed by atoms with Crippen molar-refractivity contribution in [2.45, 2.75) is 11.8 Å². The van der Waals surface area contributed by atoms with Crippen LogP contribution in [0.2, 0.25) is 0 Å². The van der Waals surface area contributed by atoms with E-state index in [0.29, 0.717) is 26.5 Å². The highest BCUT2D eigenvalue weighted by Crippen LogP contribution is 2.29. The average molecular weight is 480 g/mol. The molecule has 0 spiro atoms. The average Bonchev–Trinajstić information content (AvgIpc) is 3.20. The third kappa shape index (κ3) is 4.56. The van der Waals surface area contributed by atoms with E-state index in [1.165, 1.54) is 26.2 Å². The maximum Gasteiger partial charge on any atom is 0.258 e. The van der Waals surface area contributed by atoms with E-state index < -0.39 is 15.9 Å². The van der Waals surface area contributed by atoms with Crippen LogP contribution in [0, 0.1) is 6.92 Å². The van der Waals surface area contributed by atoms with Gasteiger partial charge in [0.1, 0.15) is 0 Å². The molecule has 9 heteroatoms. The lowest BCUT2D eigenvalue weighted by Crippen LogP contribution is -2.22. The Balaban J connectivity index is 1.63. The van der Waals surface area contributed by atoms with Crippen LogP contribution in [0.1, 0.15) is 31.8 Å². The van der Waals surface area contributed by atoms with Crippen molar-refractivity contribution in [2.75, 3.05) is 19.4 Å². The first-order valence-electron chi connectivity index (χ1n) is 10.0. The maximum absolute atomic E-state index is 13.0. The fourth-order valence-electron chi connectivity index (χ4n) is 3.23. The van der Waals surface area contributed by atoms with Gasteiger partial charge >= 0.3 is 0 Å². The van der Waals surface area contributed by atoms with Crippen molar-refractivity contribution in [2.24, 2.45) is 0 Å². The van der Waals surface area contributed by atoms with Gasteiger partial charge in [0.05, 0.1) is 20.7 Å². The zero-order valence-corrected chi connectivity index (χ0v) is 19.8. The first-order valence-corrected chi connectivity index (χ1v) is 12.3. The first kappa shape index (κ1) is 22.8. The van der Waals surface area contributed by atoms with Crippen LogP contribution in [0.15, 0.2) is 71.6 Å². The molecule has 4 rings (SSSR count). The number of benzene rings is 3. The van der Waals surface area contributed by atoms with Gasteiger partial charge < -0.3 is 0 Å². The molecule has 0 bridgehead atoms. The molecule has 3 aromatic carbocycles. The van der Waals surface area contributed by atoms with Gasteiger partial charge in [-0.2, -0.15) is 0 Å². The molecule has 1 aromatic heterocycles. The molecule has 0 aliphatic rings. The number of carbonyl (C=O) groups is 2. The number of ketones is 1. The number of aromatic nitrogens is 1. The normalized spacial score (nSPS) is 11.6. The smallest absolute Gasteiger partial charge is 0.258 e. The summed E-state index contributed by atoms with van der Waals surface area (Å²) >= 11 is 1.16. The minimum absolute atomic E-state index is 0.149. The molecule has 4 aromatic rings. The van der Waals surface area contributed by atoms with Crippen molar-refractivity contribution in [3.05, 3.63) is 89.0 Å². The SMILES string of the molecule is Cc1ccc(C(=O)c2ccccc2C(=O)Nc2nc3ccc(S(=O)(=O)N(C)C)cc3s2)cc1. The number of hydrogen-bond donors (Lipinski definition) is 1. The summed E-state index contributed by atoms with van der Waals surface area (Å²) in [4.78, 5) is 30.6. The predicted octanol–water partition coefficient (Wildman–Crippen LogP) is 4.34. The number of nitrogens with zero attached hydrogens (tertiary/aromatic N) is 2. The van der Waals surface area contributed by atoms with Crippen molar-refractivity contribution in [3.63, 3.8) is 0 Å². The van der Waals surface area contributed by atoms with E-state index >= 15 is 0 Å². The first-order chi connectivity index (χ1) is 15.7. The summed E-state index contributed by atoms with van der Waals surface area (Å²) in [5, 5.41) is 3.05. The molecule has 33 heavy (non-hydrogen) atoms. The predicted molar refractivity (Wildman–Crippen MR) is 129 cm³/mol. The number of sulfonamides is 1. The van der Waals surface area contributed by atoms with Gasteiger partial charge in [-0.1, -0.05) is 59.4 Å². The summed E-state index contributed by atoms with van der Waals surface area (Å²) in [5.74, 6) is -0.713. The van der Waals surface area contributed by atoms with Crippen LogP contribution in [0.5, 0.6) is 0 Å². The van der Waals surface area contributed by atoms with Crippen molar-refractivity contribution in [3.8, 4) is 0 Å². The zero-order chi connectivity index (χ0) is 23.8. The number of hydrogen-bond acceptors (Lipinski definition) is 6. The van der Waals surface area contributed by atoms with Crippen LogP contribution in [0.4, 0.5) is 5.13 Å². The summed E-state index contributed by atoms with van der Waals surface area (Å²) in [6, 6.07) is 18.4. The largest absolute Gasteiger partial charge is 0.298 e. The monoisotopic (exact) mass is 479 g/mol. The zero-order valence-electron chi connectivity index (χ0n) is 18.2. The molecular formula is C24H21N3O4S2. The third-order valence-electron chi connectivity index (χ3n) is 5.09. The van der Waals surface area contributed by atoms with Gasteiger partial charge in [-0.05, 0) is 31.2 Å². The van der Waals surface area contributed by atoms with E-state index in [1.807, 2.05) is 19.1 Å². The van der Waals surface area contributed by atoms with Crippen molar-refractivity contribution in [1.29, 1.82) is 0 Å². The molecule has 0 fully saturated rings. The third-order valence-corrected chi connectivity index (χ3v) is 7.83. The van der Waals surface area contributed by atoms with E-state index in [1.54, 1.807) is 42.5 Å². The number of rotatable bonds is 6. The Morgan fingerprint density at radius 3 is 2.27 bits per heavy atom. The summed E-state index contributed by atoms with van der Waals surface area (Å²) in [6.45, 7) is 1.94. The lowest BCUT2D eigenvalue weighted by molar-refractivity contribution is 0.0996. The lowest BCUT2D eigenvalue weighted by Gasteiger charge is -2.10.